The molecule has 0 saturated heterocycles. The van der Waals surface area contributed by atoms with Gasteiger partial charge in [0.2, 0.25) is 0 Å². The Morgan fingerprint density at radius 1 is 0.378 bits per heavy atom. The molecule has 8 rings (SSSR count). The Labute approximate surface area is 267 Å². The van der Waals surface area contributed by atoms with Gasteiger partial charge in [0.05, 0.1) is 0 Å². The first-order valence-electron chi connectivity index (χ1n) is 16.1. The van der Waals surface area contributed by atoms with Crippen LogP contribution in [0.3, 0.4) is 0 Å². The zero-order valence-corrected chi connectivity index (χ0v) is 25.5. The molecule has 0 aliphatic heterocycles. The maximum Gasteiger partial charge on any atom is 0.0214 e. The number of benzene rings is 6. The summed E-state index contributed by atoms with van der Waals surface area (Å²) in [5.41, 5.74) is 16.5. The van der Waals surface area contributed by atoms with E-state index in [1.807, 2.05) is 0 Å². The van der Waals surface area contributed by atoms with E-state index in [0.717, 1.165) is 25.7 Å². The van der Waals surface area contributed by atoms with Gasteiger partial charge in [0.1, 0.15) is 0 Å². The van der Waals surface area contributed by atoms with Crippen LogP contribution in [0.5, 0.6) is 0 Å². The van der Waals surface area contributed by atoms with Gasteiger partial charge in [-0.25, -0.2) is 0 Å². The van der Waals surface area contributed by atoms with E-state index in [0.29, 0.717) is 0 Å². The molecule has 0 bridgehead atoms. The molecule has 0 heteroatoms. The average Bonchev–Trinajstić information content (AvgIpc) is 3.75. The third-order valence-corrected chi connectivity index (χ3v) is 9.89. The fraction of sp³-hybridized carbons (Fsp3) is 0.111. The van der Waals surface area contributed by atoms with Gasteiger partial charge in [-0.1, -0.05) is 181 Å². The van der Waals surface area contributed by atoms with Gasteiger partial charge in [-0.2, -0.15) is 0 Å². The second-order valence-electron chi connectivity index (χ2n) is 12.6. The van der Waals surface area contributed by atoms with Gasteiger partial charge in [0.15, 0.2) is 0 Å². The molecular weight excluding hydrogens is 540 g/mol. The molecule has 2 aliphatic rings. The van der Waals surface area contributed by atoms with Crippen molar-refractivity contribution in [3.05, 3.63) is 202 Å². The van der Waals surface area contributed by atoms with Crippen LogP contribution >= 0.6 is 0 Å². The topological polar surface area (TPSA) is 0 Å². The van der Waals surface area contributed by atoms with E-state index in [1.165, 1.54) is 66.8 Å². The minimum atomic E-state index is -0.178. The van der Waals surface area contributed by atoms with Crippen LogP contribution in [0.15, 0.2) is 169 Å². The Kier molecular flexibility index (Phi) is 7.12. The molecule has 0 fully saturated rings. The molecule has 0 nitrogen and oxygen atoms in total. The van der Waals surface area contributed by atoms with Gasteiger partial charge in [0.25, 0.3) is 0 Å². The predicted molar refractivity (Wildman–Crippen MR) is 190 cm³/mol. The van der Waals surface area contributed by atoms with Crippen LogP contribution in [0.1, 0.15) is 33.4 Å². The Morgan fingerprint density at radius 3 is 1.16 bits per heavy atom. The van der Waals surface area contributed by atoms with Crippen LogP contribution < -0.4 is 0 Å². The summed E-state index contributed by atoms with van der Waals surface area (Å²) in [6.07, 6.45) is 8.98. The second kappa shape index (κ2) is 11.7. The maximum absolute atomic E-state index is 2.56. The summed E-state index contributed by atoms with van der Waals surface area (Å²) >= 11 is 0. The fourth-order valence-electron chi connectivity index (χ4n) is 7.70. The molecule has 0 saturated carbocycles. The summed E-state index contributed by atoms with van der Waals surface area (Å²) in [5, 5.41) is 0. The lowest BCUT2D eigenvalue weighted by atomic mass is 9.65. The highest BCUT2D eigenvalue weighted by Crippen LogP contribution is 2.52. The van der Waals surface area contributed by atoms with E-state index in [4.69, 9.17) is 0 Å². The number of allylic oxidation sites excluding steroid dienone is 2. The van der Waals surface area contributed by atoms with Gasteiger partial charge < -0.3 is 0 Å². The van der Waals surface area contributed by atoms with Crippen LogP contribution in [0, 0.1) is 5.41 Å². The largest absolute Gasteiger partial charge is 0.0622 e. The van der Waals surface area contributed by atoms with Crippen molar-refractivity contribution in [1.82, 2.24) is 0 Å². The van der Waals surface area contributed by atoms with E-state index in [2.05, 4.69) is 170 Å². The van der Waals surface area contributed by atoms with Crippen molar-refractivity contribution in [2.24, 2.45) is 5.41 Å². The minimum absolute atomic E-state index is 0.178. The van der Waals surface area contributed by atoms with Crippen LogP contribution in [0.2, 0.25) is 0 Å². The van der Waals surface area contributed by atoms with Crippen molar-refractivity contribution in [2.75, 3.05) is 0 Å². The molecule has 45 heavy (non-hydrogen) atoms. The Bertz CT molecular complexity index is 1860. The maximum atomic E-state index is 2.56. The highest BCUT2D eigenvalue weighted by Gasteiger charge is 2.42. The van der Waals surface area contributed by atoms with Crippen LogP contribution in [-0.4, -0.2) is 0 Å². The van der Waals surface area contributed by atoms with Crippen molar-refractivity contribution in [2.45, 2.75) is 25.7 Å². The van der Waals surface area contributed by atoms with Crippen molar-refractivity contribution in [1.29, 1.82) is 0 Å². The third kappa shape index (κ3) is 5.17. The average molecular weight is 577 g/mol. The first kappa shape index (κ1) is 27.4. The smallest absolute Gasteiger partial charge is 0.0214 e. The third-order valence-electron chi connectivity index (χ3n) is 9.89. The molecular formula is C45H36. The summed E-state index contributed by atoms with van der Waals surface area (Å²) in [4.78, 5) is 0. The second-order valence-corrected chi connectivity index (χ2v) is 12.6. The molecule has 2 aliphatic carbocycles. The SMILES string of the molecule is C1=C(C(Cc2ccccc2)(Cc2ccccc2)C2=Cc3c(cccc3-c3ccccc3)C2)Cc2cccc(-c3ccccc3)c21. The quantitative estimate of drug-likeness (QED) is 0.169. The molecule has 6 aromatic rings. The predicted octanol–water partition coefficient (Wildman–Crippen LogP) is 11.1. The first-order valence-corrected chi connectivity index (χ1v) is 16.1. The van der Waals surface area contributed by atoms with Gasteiger partial charge in [-0.15, -0.1) is 0 Å². The van der Waals surface area contributed by atoms with E-state index >= 15 is 0 Å². The van der Waals surface area contributed by atoms with Crippen molar-refractivity contribution >= 4 is 12.2 Å². The molecule has 0 atom stereocenters. The van der Waals surface area contributed by atoms with Gasteiger partial charge in [-0.3, -0.25) is 0 Å². The normalized spacial score (nSPS) is 13.6. The summed E-state index contributed by atoms with van der Waals surface area (Å²) in [5.74, 6) is 0. The van der Waals surface area contributed by atoms with E-state index < -0.39 is 0 Å². The van der Waals surface area contributed by atoms with Crippen molar-refractivity contribution < 1.29 is 0 Å². The van der Waals surface area contributed by atoms with Crippen molar-refractivity contribution in [3.63, 3.8) is 0 Å². The zero-order chi connectivity index (χ0) is 30.1. The van der Waals surface area contributed by atoms with E-state index in [1.54, 1.807) is 0 Å². The van der Waals surface area contributed by atoms with Crippen molar-refractivity contribution in [3.8, 4) is 22.3 Å². The highest BCUT2D eigenvalue weighted by molar-refractivity contribution is 5.84. The highest BCUT2D eigenvalue weighted by atomic mass is 14.4. The van der Waals surface area contributed by atoms with E-state index in [-0.39, 0.29) is 5.41 Å². The minimum Gasteiger partial charge on any atom is -0.0622 e. The number of rotatable bonds is 8. The molecule has 0 unspecified atom stereocenters. The number of hydrogen-bond donors (Lipinski definition) is 0. The monoisotopic (exact) mass is 576 g/mol. The Balaban J connectivity index is 1.33. The van der Waals surface area contributed by atoms with Crippen LogP contribution in [0.25, 0.3) is 34.4 Å². The summed E-state index contributed by atoms with van der Waals surface area (Å²) < 4.78 is 0. The van der Waals surface area contributed by atoms with Gasteiger partial charge >= 0.3 is 0 Å². The molecule has 0 heterocycles. The molecule has 216 valence electrons. The summed E-state index contributed by atoms with van der Waals surface area (Å²) in [7, 11) is 0. The molecule has 0 aromatic heterocycles. The number of hydrogen-bond acceptors (Lipinski definition) is 0. The summed E-state index contributed by atoms with van der Waals surface area (Å²) in [6, 6.07) is 57.8. The Morgan fingerprint density at radius 2 is 0.756 bits per heavy atom. The lowest BCUT2D eigenvalue weighted by Crippen LogP contribution is -2.32. The summed E-state index contributed by atoms with van der Waals surface area (Å²) in [6.45, 7) is 0. The van der Waals surface area contributed by atoms with Crippen LogP contribution in [0.4, 0.5) is 0 Å². The lowest BCUT2D eigenvalue weighted by Gasteiger charge is -2.38. The fourth-order valence-corrected chi connectivity index (χ4v) is 7.70. The zero-order valence-electron chi connectivity index (χ0n) is 25.5. The first-order chi connectivity index (χ1) is 22.3. The molecule has 6 aromatic carbocycles. The van der Waals surface area contributed by atoms with Gasteiger partial charge in [0, 0.05) is 5.41 Å². The lowest BCUT2D eigenvalue weighted by molar-refractivity contribution is 0.414. The van der Waals surface area contributed by atoms with E-state index in [9.17, 15) is 0 Å². The Hall–Kier alpha value is -5.20. The molecule has 0 radical (unpaired) electrons. The molecule has 0 spiro atoms. The standard InChI is InChI=1S/C45H36/c1-5-15-33(16-6-1)31-45(32-34-17-7-2-8-18-34,39-27-37-23-13-25-41(43(37)29-39)35-19-9-3-10-20-35)40-28-38-24-14-26-42(44(38)30-40)36-21-11-4-12-22-36/h1-26,29-30H,27-28,31-32H2. The molecule has 0 amide bonds. The van der Waals surface area contributed by atoms with Gasteiger partial charge in [-0.05, 0) is 81.3 Å². The number of fused-ring (bicyclic) bond motifs is 2. The molecule has 0 N–H and O–H groups in total. The van der Waals surface area contributed by atoms with Crippen LogP contribution in [-0.2, 0) is 25.7 Å².